The number of benzene rings is 2. The summed E-state index contributed by atoms with van der Waals surface area (Å²) in [5.41, 5.74) is 2.80. The summed E-state index contributed by atoms with van der Waals surface area (Å²) in [5, 5.41) is 0. The smallest absolute Gasteiger partial charge is 0.167 e. The van der Waals surface area contributed by atoms with E-state index in [1.54, 1.807) is 0 Å². The minimum absolute atomic E-state index is 0.416. The van der Waals surface area contributed by atoms with Gasteiger partial charge in [0.05, 0.1) is 0 Å². The highest BCUT2D eigenvalue weighted by molar-refractivity contribution is 5.75. The van der Waals surface area contributed by atoms with Crippen molar-refractivity contribution in [3.63, 3.8) is 0 Å². The summed E-state index contributed by atoms with van der Waals surface area (Å²) in [5.74, 6) is 1.22. The Labute approximate surface area is 142 Å². The molecule has 3 heteroatoms. The monoisotopic (exact) mass is 320 g/mol. The van der Waals surface area contributed by atoms with Crippen molar-refractivity contribution < 1.29 is 14.3 Å². The first-order chi connectivity index (χ1) is 11.9. The Bertz CT molecular complexity index is 730. The van der Waals surface area contributed by atoms with Crippen LogP contribution in [0, 0.1) is 0 Å². The lowest BCUT2D eigenvalue weighted by Gasteiger charge is -2.20. The highest BCUT2D eigenvalue weighted by Gasteiger charge is 2.19. The summed E-state index contributed by atoms with van der Waals surface area (Å²) < 4.78 is 11.9. The van der Waals surface area contributed by atoms with Crippen LogP contribution in [0.2, 0.25) is 0 Å². The van der Waals surface area contributed by atoms with Gasteiger partial charge in [0.25, 0.3) is 0 Å². The van der Waals surface area contributed by atoms with E-state index in [-0.39, 0.29) is 0 Å². The molecule has 0 radical (unpaired) electrons. The number of hydrogen-bond donors (Lipinski definition) is 0. The highest BCUT2D eigenvalue weighted by Crippen LogP contribution is 2.27. The van der Waals surface area contributed by atoms with Crippen LogP contribution in [0.1, 0.15) is 24.0 Å². The van der Waals surface area contributed by atoms with Crippen LogP contribution in [0.5, 0.6) is 0 Å². The molecule has 0 atom stereocenters. The van der Waals surface area contributed by atoms with E-state index in [1.807, 2.05) is 66.7 Å². The van der Waals surface area contributed by atoms with Crippen LogP contribution >= 0.6 is 0 Å². The quantitative estimate of drug-likeness (QED) is 0.702. The molecule has 0 bridgehead atoms. The van der Waals surface area contributed by atoms with Gasteiger partial charge in [-0.2, -0.15) is 0 Å². The zero-order chi connectivity index (χ0) is 16.6. The number of carbonyl (C=O) groups is 1. The molecule has 0 unspecified atom stereocenters. The van der Waals surface area contributed by atoms with Gasteiger partial charge in [0.15, 0.2) is 11.5 Å². The molecule has 1 aliphatic carbocycles. The van der Waals surface area contributed by atoms with E-state index in [0.717, 1.165) is 23.8 Å². The summed E-state index contributed by atoms with van der Waals surface area (Å²) in [6.45, 7) is 0.872. The van der Waals surface area contributed by atoms with Gasteiger partial charge in [-0.05, 0) is 30.0 Å². The van der Waals surface area contributed by atoms with E-state index >= 15 is 0 Å². The molecule has 24 heavy (non-hydrogen) atoms. The van der Waals surface area contributed by atoms with Gasteiger partial charge in [0.1, 0.15) is 19.5 Å². The fraction of sp³-hybridized carbons (Fsp3) is 0.190. The number of rotatable bonds is 7. The molecule has 2 aromatic rings. The molecule has 3 rings (SSSR count). The molecule has 0 saturated heterocycles. The van der Waals surface area contributed by atoms with Crippen molar-refractivity contribution in [1.29, 1.82) is 0 Å². The maximum Gasteiger partial charge on any atom is 0.167 e. The first-order valence-electron chi connectivity index (χ1n) is 8.09. The molecule has 0 aromatic heterocycles. The van der Waals surface area contributed by atoms with Gasteiger partial charge >= 0.3 is 0 Å². The predicted octanol–water partition coefficient (Wildman–Crippen LogP) is 4.55. The first kappa shape index (κ1) is 16.1. The fourth-order valence-corrected chi connectivity index (χ4v) is 2.59. The van der Waals surface area contributed by atoms with Crippen LogP contribution in [-0.4, -0.2) is 6.29 Å². The zero-order valence-electron chi connectivity index (χ0n) is 13.5. The molecule has 0 saturated carbocycles. The molecule has 1 aliphatic rings. The molecule has 0 spiro atoms. The van der Waals surface area contributed by atoms with Gasteiger partial charge in [-0.1, -0.05) is 60.7 Å². The van der Waals surface area contributed by atoms with Crippen molar-refractivity contribution in [2.24, 2.45) is 0 Å². The zero-order valence-corrected chi connectivity index (χ0v) is 13.5. The summed E-state index contributed by atoms with van der Waals surface area (Å²) >= 11 is 0. The predicted molar refractivity (Wildman–Crippen MR) is 92.9 cm³/mol. The van der Waals surface area contributed by atoms with E-state index in [4.69, 9.17) is 9.47 Å². The lowest BCUT2D eigenvalue weighted by molar-refractivity contribution is -0.105. The number of hydrogen-bond acceptors (Lipinski definition) is 3. The van der Waals surface area contributed by atoms with Gasteiger partial charge < -0.3 is 9.47 Å². The lowest BCUT2D eigenvalue weighted by atomic mass is 10.0. The van der Waals surface area contributed by atoms with E-state index < -0.39 is 0 Å². The third-order valence-corrected chi connectivity index (χ3v) is 3.86. The molecule has 0 amide bonds. The van der Waals surface area contributed by atoms with Crippen LogP contribution in [-0.2, 0) is 27.5 Å². The average molecular weight is 320 g/mol. The SMILES string of the molecule is O=CC1=C(OCc2ccccc2)C(OCc2ccccc2)=CCC1. The van der Waals surface area contributed by atoms with Crippen molar-refractivity contribution in [2.45, 2.75) is 26.1 Å². The Hall–Kier alpha value is -2.81. The number of allylic oxidation sites excluding steroid dienone is 2. The molecule has 0 N–H and O–H groups in total. The van der Waals surface area contributed by atoms with Gasteiger partial charge in [-0.25, -0.2) is 0 Å². The van der Waals surface area contributed by atoms with Crippen molar-refractivity contribution >= 4 is 6.29 Å². The summed E-state index contributed by atoms with van der Waals surface area (Å²) in [6.07, 6.45) is 4.34. The fourth-order valence-electron chi connectivity index (χ4n) is 2.59. The Balaban J connectivity index is 1.70. The molecular formula is C21H20O3. The van der Waals surface area contributed by atoms with Gasteiger partial charge in [-0.15, -0.1) is 0 Å². The van der Waals surface area contributed by atoms with Crippen molar-refractivity contribution in [3.8, 4) is 0 Å². The Morgan fingerprint density at radius 1 is 0.833 bits per heavy atom. The molecule has 0 fully saturated rings. The lowest BCUT2D eigenvalue weighted by Crippen LogP contribution is -2.09. The second-order valence-corrected chi connectivity index (χ2v) is 5.63. The van der Waals surface area contributed by atoms with Crippen molar-refractivity contribution in [3.05, 3.63) is 95.0 Å². The number of ether oxygens (including phenoxy) is 2. The minimum Gasteiger partial charge on any atom is -0.485 e. The van der Waals surface area contributed by atoms with E-state index in [2.05, 4.69) is 0 Å². The van der Waals surface area contributed by atoms with E-state index in [0.29, 0.717) is 36.7 Å². The van der Waals surface area contributed by atoms with Crippen LogP contribution < -0.4 is 0 Å². The van der Waals surface area contributed by atoms with Gasteiger partial charge in [0.2, 0.25) is 0 Å². The van der Waals surface area contributed by atoms with E-state index in [1.165, 1.54) is 0 Å². The van der Waals surface area contributed by atoms with Crippen LogP contribution in [0.15, 0.2) is 83.8 Å². The third kappa shape index (κ3) is 4.13. The number of carbonyl (C=O) groups excluding carboxylic acids is 1. The van der Waals surface area contributed by atoms with Gasteiger partial charge in [0, 0.05) is 5.57 Å². The van der Waals surface area contributed by atoms with Crippen LogP contribution in [0.4, 0.5) is 0 Å². The Kier molecular flexibility index (Phi) is 5.46. The van der Waals surface area contributed by atoms with Crippen molar-refractivity contribution in [2.75, 3.05) is 0 Å². The highest BCUT2D eigenvalue weighted by atomic mass is 16.5. The average Bonchev–Trinajstić information content (AvgIpc) is 2.66. The molecule has 2 aromatic carbocycles. The third-order valence-electron chi connectivity index (χ3n) is 3.86. The normalized spacial score (nSPS) is 14.1. The summed E-state index contributed by atoms with van der Waals surface area (Å²) in [6, 6.07) is 19.9. The molecule has 122 valence electrons. The maximum absolute atomic E-state index is 11.4. The van der Waals surface area contributed by atoms with Crippen LogP contribution in [0.25, 0.3) is 0 Å². The van der Waals surface area contributed by atoms with Crippen molar-refractivity contribution in [1.82, 2.24) is 0 Å². The Morgan fingerprint density at radius 3 is 2.00 bits per heavy atom. The summed E-state index contributed by atoms with van der Waals surface area (Å²) in [7, 11) is 0. The summed E-state index contributed by atoms with van der Waals surface area (Å²) in [4.78, 5) is 11.4. The maximum atomic E-state index is 11.4. The minimum atomic E-state index is 0.416. The van der Waals surface area contributed by atoms with E-state index in [9.17, 15) is 4.79 Å². The molecule has 3 nitrogen and oxygen atoms in total. The second-order valence-electron chi connectivity index (χ2n) is 5.63. The molecule has 0 heterocycles. The molecular weight excluding hydrogens is 300 g/mol. The largest absolute Gasteiger partial charge is 0.485 e. The second kappa shape index (κ2) is 8.16. The number of aldehydes is 1. The Morgan fingerprint density at radius 2 is 1.42 bits per heavy atom. The topological polar surface area (TPSA) is 35.5 Å². The standard InChI is InChI=1S/C21H20O3/c22-14-19-12-7-13-20(23-15-17-8-3-1-4-9-17)21(19)24-16-18-10-5-2-6-11-18/h1-6,8-11,13-14H,7,12,15-16H2. The first-order valence-corrected chi connectivity index (χ1v) is 8.09. The van der Waals surface area contributed by atoms with Crippen LogP contribution in [0.3, 0.4) is 0 Å². The van der Waals surface area contributed by atoms with Gasteiger partial charge in [-0.3, -0.25) is 4.79 Å². The molecule has 0 aliphatic heterocycles.